The molecule has 1 aliphatic heterocycles. The van der Waals surface area contributed by atoms with Gasteiger partial charge in [0.2, 0.25) is 11.8 Å². The standard InChI is InChI=1S/C16H18N4O4/c1-12(21)18-6-8-19(9-7-18)16(23)11-20-15(22)5-4-13(17-20)14-3-2-10-24-14/h2-5,10H,6-9,11H2,1H3. The first-order chi connectivity index (χ1) is 11.5. The highest BCUT2D eigenvalue weighted by atomic mass is 16.3. The SMILES string of the molecule is CC(=O)N1CCN(C(=O)Cn2nc(-c3ccco3)ccc2=O)CC1. The first-order valence-corrected chi connectivity index (χ1v) is 7.70. The molecule has 1 aliphatic rings. The van der Waals surface area contributed by atoms with Gasteiger partial charge in [0.1, 0.15) is 12.2 Å². The lowest BCUT2D eigenvalue weighted by atomic mass is 10.3. The van der Waals surface area contributed by atoms with Crippen LogP contribution in [0.15, 0.2) is 39.7 Å². The number of hydrogen-bond donors (Lipinski definition) is 0. The van der Waals surface area contributed by atoms with Crippen molar-refractivity contribution in [1.29, 1.82) is 0 Å². The molecule has 126 valence electrons. The second-order valence-electron chi connectivity index (χ2n) is 5.58. The summed E-state index contributed by atoms with van der Waals surface area (Å²) in [4.78, 5) is 39.0. The van der Waals surface area contributed by atoms with Crippen molar-refractivity contribution in [3.8, 4) is 11.5 Å². The van der Waals surface area contributed by atoms with Gasteiger partial charge in [-0.25, -0.2) is 4.68 Å². The fraction of sp³-hybridized carbons (Fsp3) is 0.375. The van der Waals surface area contributed by atoms with E-state index in [-0.39, 0.29) is 23.9 Å². The van der Waals surface area contributed by atoms with Crippen molar-refractivity contribution in [3.05, 3.63) is 40.9 Å². The first kappa shape index (κ1) is 16.0. The predicted molar refractivity (Wildman–Crippen MR) is 85.0 cm³/mol. The van der Waals surface area contributed by atoms with Gasteiger partial charge in [-0.1, -0.05) is 0 Å². The van der Waals surface area contributed by atoms with Gasteiger partial charge in [-0.2, -0.15) is 5.10 Å². The highest BCUT2D eigenvalue weighted by Crippen LogP contribution is 2.15. The molecule has 3 heterocycles. The van der Waals surface area contributed by atoms with Gasteiger partial charge < -0.3 is 14.2 Å². The van der Waals surface area contributed by atoms with Crippen LogP contribution in [-0.2, 0) is 16.1 Å². The lowest BCUT2D eigenvalue weighted by Crippen LogP contribution is -2.51. The summed E-state index contributed by atoms with van der Waals surface area (Å²) in [5.74, 6) is 0.349. The zero-order chi connectivity index (χ0) is 17.1. The van der Waals surface area contributed by atoms with Gasteiger partial charge in [0.25, 0.3) is 5.56 Å². The molecule has 24 heavy (non-hydrogen) atoms. The number of furan rings is 1. The minimum Gasteiger partial charge on any atom is -0.463 e. The van der Waals surface area contributed by atoms with Crippen molar-refractivity contribution in [2.24, 2.45) is 0 Å². The molecule has 0 aliphatic carbocycles. The quantitative estimate of drug-likeness (QED) is 0.802. The second-order valence-corrected chi connectivity index (χ2v) is 5.58. The number of amides is 2. The van der Waals surface area contributed by atoms with Crippen LogP contribution in [0.2, 0.25) is 0 Å². The Bertz CT molecular complexity index is 789. The summed E-state index contributed by atoms with van der Waals surface area (Å²) in [6, 6.07) is 6.39. The molecule has 0 saturated carbocycles. The molecular weight excluding hydrogens is 312 g/mol. The first-order valence-electron chi connectivity index (χ1n) is 7.70. The summed E-state index contributed by atoms with van der Waals surface area (Å²) < 4.78 is 6.40. The molecule has 2 amide bonds. The molecule has 0 atom stereocenters. The fourth-order valence-electron chi connectivity index (χ4n) is 2.62. The molecular formula is C16H18N4O4. The van der Waals surface area contributed by atoms with Crippen LogP contribution in [0, 0.1) is 0 Å². The van der Waals surface area contributed by atoms with Crippen LogP contribution in [0.1, 0.15) is 6.92 Å². The van der Waals surface area contributed by atoms with E-state index < -0.39 is 0 Å². The third kappa shape index (κ3) is 3.37. The Kier molecular flexibility index (Phi) is 4.45. The van der Waals surface area contributed by atoms with E-state index in [1.54, 1.807) is 28.0 Å². The topological polar surface area (TPSA) is 88.7 Å². The van der Waals surface area contributed by atoms with E-state index in [0.717, 1.165) is 4.68 Å². The van der Waals surface area contributed by atoms with Crippen LogP contribution in [0.4, 0.5) is 0 Å². The van der Waals surface area contributed by atoms with Crippen molar-refractivity contribution in [2.45, 2.75) is 13.5 Å². The number of rotatable bonds is 3. The van der Waals surface area contributed by atoms with Crippen LogP contribution in [0.3, 0.4) is 0 Å². The van der Waals surface area contributed by atoms with Crippen LogP contribution in [0.25, 0.3) is 11.5 Å². The molecule has 0 spiro atoms. The lowest BCUT2D eigenvalue weighted by Gasteiger charge is -2.34. The van der Waals surface area contributed by atoms with Crippen molar-refractivity contribution in [3.63, 3.8) is 0 Å². The number of piperazine rings is 1. The Morgan fingerprint density at radius 2 is 1.83 bits per heavy atom. The summed E-state index contributed by atoms with van der Waals surface area (Å²) in [5, 5.41) is 4.19. The van der Waals surface area contributed by atoms with Gasteiger partial charge in [0, 0.05) is 39.2 Å². The van der Waals surface area contributed by atoms with Gasteiger partial charge in [0.15, 0.2) is 5.76 Å². The fourth-order valence-corrected chi connectivity index (χ4v) is 2.62. The summed E-state index contributed by atoms with van der Waals surface area (Å²) in [7, 11) is 0. The van der Waals surface area contributed by atoms with Crippen LogP contribution >= 0.6 is 0 Å². The van der Waals surface area contributed by atoms with Crippen molar-refractivity contribution >= 4 is 11.8 Å². The van der Waals surface area contributed by atoms with Gasteiger partial charge in [0.05, 0.1) is 6.26 Å². The molecule has 0 unspecified atom stereocenters. The molecule has 0 aromatic carbocycles. The summed E-state index contributed by atoms with van der Waals surface area (Å²) in [5.41, 5.74) is 0.148. The molecule has 0 radical (unpaired) electrons. The maximum Gasteiger partial charge on any atom is 0.267 e. The third-order valence-corrected chi connectivity index (χ3v) is 4.00. The number of nitrogens with zero attached hydrogens (tertiary/aromatic N) is 4. The zero-order valence-corrected chi connectivity index (χ0v) is 13.3. The minimum absolute atomic E-state index is 0.00568. The van der Waals surface area contributed by atoms with E-state index in [0.29, 0.717) is 37.6 Å². The average Bonchev–Trinajstić information content (AvgIpc) is 3.11. The molecule has 2 aromatic rings. The maximum absolute atomic E-state index is 12.4. The Balaban J connectivity index is 1.70. The highest BCUT2D eigenvalue weighted by Gasteiger charge is 2.23. The van der Waals surface area contributed by atoms with E-state index in [2.05, 4.69) is 5.10 Å². The smallest absolute Gasteiger partial charge is 0.267 e. The molecule has 8 heteroatoms. The van der Waals surface area contributed by atoms with Crippen molar-refractivity contribution in [1.82, 2.24) is 19.6 Å². The summed E-state index contributed by atoms with van der Waals surface area (Å²) >= 11 is 0. The second kappa shape index (κ2) is 6.69. The number of carbonyl (C=O) groups is 2. The zero-order valence-electron chi connectivity index (χ0n) is 13.3. The average molecular weight is 330 g/mol. The Morgan fingerprint density at radius 3 is 2.46 bits per heavy atom. The normalized spacial score (nSPS) is 14.7. The van der Waals surface area contributed by atoms with E-state index in [1.807, 2.05) is 0 Å². The van der Waals surface area contributed by atoms with Crippen molar-refractivity contribution in [2.75, 3.05) is 26.2 Å². The number of hydrogen-bond acceptors (Lipinski definition) is 5. The number of aromatic nitrogens is 2. The van der Waals surface area contributed by atoms with Crippen LogP contribution in [-0.4, -0.2) is 57.6 Å². The molecule has 0 N–H and O–H groups in total. The molecule has 0 bridgehead atoms. The largest absolute Gasteiger partial charge is 0.463 e. The van der Waals surface area contributed by atoms with Crippen LogP contribution < -0.4 is 5.56 Å². The third-order valence-electron chi connectivity index (χ3n) is 4.00. The van der Waals surface area contributed by atoms with Crippen LogP contribution in [0.5, 0.6) is 0 Å². The Labute approximate surface area is 138 Å². The van der Waals surface area contributed by atoms with E-state index in [4.69, 9.17) is 4.42 Å². The maximum atomic E-state index is 12.4. The predicted octanol–water partition coefficient (Wildman–Crippen LogP) is 0.194. The van der Waals surface area contributed by atoms with Gasteiger partial charge in [-0.15, -0.1) is 0 Å². The van der Waals surface area contributed by atoms with E-state index in [9.17, 15) is 14.4 Å². The molecule has 2 aromatic heterocycles. The Morgan fingerprint density at radius 1 is 1.12 bits per heavy atom. The monoisotopic (exact) mass is 330 g/mol. The van der Waals surface area contributed by atoms with Gasteiger partial charge >= 0.3 is 0 Å². The van der Waals surface area contributed by atoms with Gasteiger partial charge in [-0.3, -0.25) is 14.4 Å². The van der Waals surface area contributed by atoms with E-state index in [1.165, 1.54) is 19.3 Å². The molecule has 1 fully saturated rings. The minimum atomic E-state index is -0.346. The molecule has 1 saturated heterocycles. The molecule has 8 nitrogen and oxygen atoms in total. The summed E-state index contributed by atoms with van der Waals surface area (Å²) in [6.45, 7) is 3.33. The highest BCUT2D eigenvalue weighted by molar-refractivity contribution is 5.77. The lowest BCUT2D eigenvalue weighted by molar-refractivity contribution is -0.139. The van der Waals surface area contributed by atoms with Crippen molar-refractivity contribution < 1.29 is 14.0 Å². The Hall–Kier alpha value is -2.90. The number of carbonyl (C=O) groups excluding carboxylic acids is 2. The molecule has 3 rings (SSSR count). The van der Waals surface area contributed by atoms with E-state index >= 15 is 0 Å². The van der Waals surface area contributed by atoms with Gasteiger partial charge in [-0.05, 0) is 18.2 Å². The summed E-state index contributed by atoms with van der Waals surface area (Å²) in [6.07, 6.45) is 1.52.